The molecule has 0 saturated carbocycles. The van der Waals surface area contributed by atoms with E-state index in [1.165, 1.54) is 0 Å². The Hall–Kier alpha value is -0.600. The number of hydrogen-bond donors (Lipinski definition) is 2. The van der Waals surface area contributed by atoms with Crippen LogP contribution in [0.5, 0.6) is 0 Å². The molecule has 0 rings (SSSR count). The van der Waals surface area contributed by atoms with Gasteiger partial charge in [-0.1, -0.05) is 26.0 Å². The molecule has 0 amide bonds. The Morgan fingerprint density at radius 2 is 1.38 bits per heavy atom. The highest BCUT2D eigenvalue weighted by Gasteiger charge is 2.33. The quantitative estimate of drug-likeness (QED) is 0.619. The number of aliphatic hydroxyl groups is 2. The molecule has 2 heteroatoms. The van der Waals surface area contributed by atoms with Crippen molar-refractivity contribution in [3.8, 4) is 0 Å². The number of hydrogen-bond acceptors (Lipinski definition) is 2. The molecule has 0 aromatic carbocycles. The second-order valence-corrected chi connectivity index (χ2v) is 3.90. The van der Waals surface area contributed by atoms with Crippen molar-refractivity contribution in [3.05, 3.63) is 25.3 Å². The van der Waals surface area contributed by atoms with Gasteiger partial charge in [0.05, 0.1) is 12.2 Å². The lowest BCUT2D eigenvalue weighted by molar-refractivity contribution is -0.0437. The zero-order valence-corrected chi connectivity index (χ0v) is 8.53. The van der Waals surface area contributed by atoms with Gasteiger partial charge in [-0.3, -0.25) is 0 Å². The first-order valence-electron chi connectivity index (χ1n) is 4.54. The lowest BCUT2D eigenvalue weighted by atomic mass is 9.78. The predicted octanol–water partition coefficient (Wildman–Crippen LogP) is 1.89. The van der Waals surface area contributed by atoms with Crippen LogP contribution in [0.15, 0.2) is 25.3 Å². The van der Waals surface area contributed by atoms with Crippen LogP contribution in [0.1, 0.15) is 26.7 Å². The highest BCUT2D eigenvalue weighted by molar-refractivity contribution is 4.91. The van der Waals surface area contributed by atoms with Gasteiger partial charge < -0.3 is 10.2 Å². The van der Waals surface area contributed by atoms with Crippen LogP contribution in [-0.2, 0) is 0 Å². The Labute approximate surface area is 80.6 Å². The molecule has 0 unspecified atom stereocenters. The van der Waals surface area contributed by atoms with Crippen LogP contribution in [0.2, 0.25) is 0 Å². The maximum absolute atomic E-state index is 9.71. The molecule has 2 atom stereocenters. The Morgan fingerprint density at radius 1 is 1.08 bits per heavy atom. The summed E-state index contributed by atoms with van der Waals surface area (Å²) in [6.45, 7) is 10.8. The zero-order chi connectivity index (χ0) is 10.5. The van der Waals surface area contributed by atoms with Crippen LogP contribution < -0.4 is 0 Å². The standard InChI is InChI=1S/C11H20O2/c1-5-7-9(12)11(3,4)10(13)8-6-2/h5-6,9-10,12-13H,1-2,7-8H2,3-4H3/t9-,10+. The van der Waals surface area contributed by atoms with Gasteiger partial charge in [0, 0.05) is 5.41 Å². The van der Waals surface area contributed by atoms with Crippen molar-refractivity contribution < 1.29 is 10.2 Å². The Morgan fingerprint density at radius 3 is 1.62 bits per heavy atom. The van der Waals surface area contributed by atoms with Crippen molar-refractivity contribution in [2.45, 2.75) is 38.9 Å². The smallest absolute Gasteiger partial charge is 0.0650 e. The summed E-state index contributed by atoms with van der Waals surface area (Å²) in [7, 11) is 0. The van der Waals surface area contributed by atoms with Crippen molar-refractivity contribution in [1.29, 1.82) is 0 Å². The highest BCUT2D eigenvalue weighted by atomic mass is 16.3. The molecular formula is C11H20O2. The lowest BCUT2D eigenvalue weighted by Crippen LogP contribution is -2.39. The van der Waals surface area contributed by atoms with Crippen molar-refractivity contribution in [2.75, 3.05) is 0 Å². The molecule has 13 heavy (non-hydrogen) atoms. The van der Waals surface area contributed by atoms with Gasteiger partial charge in [0.25, 0.3) is 0 Å². The second-order valence-electron chi connectivity index (χ2n) is 3.90. The third-order valence-electron chi connectivity index (χ3n) is 2.50. The van der Waals surface area contributed by atoms with Crippen molar-refractivity contribution in [1.82, 2.24) is 0 Å². The molecule has 2 N–H and O–H groups in total. The van der Waals surface area contributed by atoms with Crippen LogP contribution in [0, 0.1) is 5.41 Å². The van der Waals surface area contributed by atoms with Gasteiger partial charge in [-0.05, 0) is 12.8 Å². The summed E-state index contributed by atoms with van der Waals surface area (Å²) in [6, 6.07) is 0. The van der Waals surface area contributed by atoms with Gasteiger partial charge in [0.15, 0.2) is 0 Å². The van der Waals surface area contributed by atoms with E-state index in [9.17, 15) is 10.2 Å². The van der Waals surface area contributed by atoms with E-state index in [1.54, 1.807) is 12.2 Å². The van der Waals surface area contributed by atoms with E-state index in [2.05, 4.69) is 13.2 Å². The molecule has 0 aliphatic carbocycles. The summed E-state index contributed by atoms with van der Waals surface area (Å²) in [5.74, 6) is 0. The fourth-order valence-corrected chi connectivity index (χ4v) is 1.15. The number of aliphatic hydroxyl groups excluding tert-OH is 2. The van der Waals surface area contributed by atoms with Gasteiger partial charge in [-0.25, -0.2) is 0 Å². The van der Waals surface area contributed by atoms with Crippen molar-refractivity contribution in [2.24, 2.45) is 5.41 Å². The van der Waals surface area contributed by atoms with Gasteiger partial charge in [0.2, 0.25) is 0 Å². The summed E-state index contributed by atoms with van der Waals surface area (Å²) in [4.78, 5) is 0. The molecule has 0 aromatic heterocycles. The summed E-state index contributed by atoms with van der Waals surface area (Å²) in [6.07, 6.45) is 3.21. The average molecular weight is 184 g/mol. The van der Waals surface area contributed by atoms with Crippen LogP contribution in [0.4, 0.5) is 0 Å². The Balaban J connectivity index is 4.33. The molecule has 0 bridgehead atoms. The van der Waals surface area contributed by atoms with Crippen molar-refractivity contribution >= 4 is 0 Å². The molecule has 0 fully saturated rings. The van der Waals surface area contributed by atoms with Gasteiger partial charge in [-0.2, -0.15) is 0 Å². The van der Waals surface area contributed by atoms with E-state index in [0.29, 0.717) is 12.8 Å². The lowest BCUT2D eigenvalue weighted by Gasteiger charge is -2.34. The molecule has 0 saturated heterocycles. The Kier molecular flexibility index (Phi) is 4.96. The zero-order valence-electron chi connectivity index (χ0n) is 8.53. The summed E-state index contributed by atoms with van der Waals surface area (Å²) < 4.78 is 0. The first-order valence-corrected chi connectivity index (χ1v) is 4.54. The van der Waals surface area contributed by atoms with Crippen LogP contribution >= 0.6 is 0 Å². The van der Waals surface area contributed by atoms with Gasteiger partial charge in [0.1, 0.15) is 0 Å². The van der Waals surface area contributed by atoms with E-state index in [1.807, 2.05) is 13.8 Å². The molecule has 0 radical (unpaired) electrons. The normalized spacial score (nSPS) is 16.3. The minimum atomic E-state index is -0.556. The SMILES string of the molecule is C=CC[C@@H](O)C(C)(C)[C@@H](O)CC=C. The Bertz CT molecular complexity index is 155. The molecule has 0 aliphatic heterocycles. The van der Waals surface area contributed by atoms with Crippen LogP contribution in [-0.4, -0.2) is 22.4 Å². The second kappa shape index (κ2) is 5.20. The predicted molar refractivity (Wildman–Crippen MR) is 55.4 cm³/mol. The molecular weight excluding hydrogens is 164 g/mol. The average Bonchev–Trinajstić information content (AvgIpc) is 2.05. The molecule has 0 spiro atoms. The fraction of sp³-hybridized carbons (Fsp3) is 0.636. The molecule has 2 nitrogen and oxygen atoms in total. The first-order chi connectivity index (χ1) is 5.96. The summed E-state index contributed by atoms with van der Waals surface area (Å²) in [5, 5.41) is 19.4. The van der Waals surface area contributed by atoms with E-state index in [-0.39, 0.29) is 0 Å². The van der Waals surface area contributed by atoms with E-state index in [0.717, 1.165) is 0 Å². The monoisotopic (exact) mass is 184 g/mol. The highest BCUT2D eigenvalue weighted by Crippen LogP contribution is 2.29. The van der Waals surface area contributed by atoms with Crippen molar-refractivity contribution in [3.63, 3.8) is 0 Å². The molecule has 76 valence electrons. The van der Waals surface area contributed by atoms with E-state index < -0.39 is 17.6 Å². The largest absolute Gasteiger partial charge is 0.392 e. The van der Waals surface area contributed by atoms with Crippen LogP contribution in [0.25, 0.3) is 0 Å². The topological polar surface area (TPSA) is 40.5 Å². The minimum Gasteiger partial charge on any atom is -0.392 e. The molecule has 0 heterocycles. The van der Waals surface area contributed by atoms with E-state index in [4.69, 9.17) is 0 Å². The third kappa shape index (κ3) is 3.33. The summed E-state index contributed by atoms with van der Waals surface area (Å²) in [5.41, 5.74) is -0.512. The van der Waals surface area contributed by atoms with E-state index >= 15 is 0 Å². The minimum absolute atomic E-state index is 0.501. The van der Waals surface area contributed by atoms with Gasteiger partial charge in [-0.15, -0.1) is 13.2 Å². The number of rotatable bonds is 6. The maximum atomic E-state index is 9.71. The molecule has 0 aromatic rings. The third-order valence-corrected chi connectivity index (χ3v) is 2.50. The molecule has 0 aliphatic rings. The fourth-order valence-electron chi connectivity index (χ4n) is 1.15. The summed E-state index contributed by atoms with van der Waals surface area (Å²) >= 11 is 0. The van der Waals surface area contributed by atoms with Crippen LogP contribution in [0.3, 0.4) is 0 Å². The first kappa shape index (κ1) is 12.4. The van der Waals surface area contributed by atoms with Gasteiger partial charge >= 0.3 is 0 Å². The maximum Gasteiger partial charge on any atom is 0.0650 e.